The summed E-state index contributed by atoms with van der Waals surface area (Å²) in [6.07, 6.45) is -0.123. The number of nitrogens with one attached hydrogen (secondary N) is 1. The Morgan fingerprint density at radius 2 is 2.00 bits per heavy atom. The van der Waals surface area contributed by atoms with E-state index in [-0.39, 0.29) is 10.9 Å². The number of carboxylic acid groups (broad SMARTS) is 1. The van der Waals surface area contributed by atoms with Crippen molar-refractivity contribution in [1.82, 2.24) is 9.73 Å². The van der Waals surface area contributed by atoms with Crippen LogP contribution in [-0.4, -0.2) is 42.8 Å². The number of hydrogen-bond acceptors (Lipinski definition) is 4. The fraction of sp³-hybridized carbons (Fsp3) is 0.429. The van der Waals surface area contributed by atoms with Crippen LogP contribution < -0.4 is 4.83 Å². The number of carbonyl (C=O) groups is 1. The Hall–Kier alpha value is -2.09. The van der Waals surface area contributed by atoms with Crippen molar-refractivity contribution in [3.05, 3.63) is 29.8 Å². The van der Waals surface area contributed by atoms with Gasteiger partial charge in [-0.05, 0) is 26.0 Å². The minimum absolute atomic E-state index is 0.151. The zero-order valence-corrected chi connectivity index (χ0v) is 13.3. The molecule has 7 nitrogen and oxygen atoms in total. The van der Waals surface area contributed by atoms with Crippen LogP contribution in [0.25, 0.3) is 0 Å². The standard InChI is InChI=1S/C14H19N3O4S/c1-10-3-5-13(6-4-10)22(20,21)16-15-12-7-8-17(14(18)19)11(2)9-12/h3-6,11,16H,7-9H2,1-2H3,(H,18,19). The van der Waals surface area contributed by atoms with Gasteiger partial charge in [0.1, 0.15) is 0 Å². The molecule has 1 amide bonds. The summed E-state index contributed by atoms with van der Waals surface area (Å²) in [5.74, 6) is 0. The van der Waals surface area contributed by atoms with Crippen molar-refractivity contribution >= 4 is 21.8 Å². The van der Waals surface area contributed by atoms with Crippen molar-refractivity contribution in [2.45, 2.75) is 37.6 Å². The monoisotopic (exact) mass is 325 g/mol. The second-order valence-electron chi connectivity index (χ2n) is 5.36. The molecule has 1 atom stereocenters. The number of amides is 1. The van der Waals surface area contributed by atoms with Gasteiger partial charge in [-0.3, -0.25) is 0 Å². The molecule has 1 aliphatic heterocycles. The predicted molar refractivity (Wildman–Crippen MR) is 82.4 cm³/mol. The van der Waals surface area contributed by atoms with E-state index < -0.39 is 16.1 Å². The zero-order chi connectivity index (χ0) is 16.3. The van der Waals surface area contributed by atoms with Crippen molar-refractivity contribution in [2.75, 3.05) is 6.54 Å². The van der Waals surface area contributed by atoms with Crippen molar-refractivity contribution in [3.8, 4) is 0 Å². The first-order chi connectivity index (χ1) is 10.3. The van der Waals surface area contributed by atoms with Crippen molar-refractivity contribution < 1.29 is 18.3 Å². The van der Waals surface area contributed by atoms with Gasteiger partial charge in [-0.2, -0.15) is 13.5 Å². The van der Waals surface area contributed by atoms with Gasteiger partial charge in [-0.25, -0.2) is 9.63 Å². The molecule has 0 aliphatic carbocycles. The van der Waals surface area contributed by atoms with Crippen molar-refractivity contribution in [3.63, 3.8) is 0 Å². The van der Waals surface area contributed by atoms with Crippen LogP contribution in [0.15, 0.2) is 34.3 Å². The van der Waals surface area contributed by atoms with Crippen LogP contribution in [0.3, 0.4) is 0 Å². The van der Waals surface area contributed by atoms with Gasteiger partial charge in [-0.1, -0.05) is 17.7 Å². The topological polar surface area (TPSA) is 99.1 Å². The van der Waals surface area contributed by atoms with Gasteiger partial charge in [0.05, 0.1) is 4.90 Å². The van der Waals surface area contributed by atoms with E-state index in [9.17, 15) is 13.2 Å². The molecular formula is C14H19N3O4S. The highest BCUT2D eigenvalue weighted by Crippen LogP contribution is 2.15. The molecule has 1 unspecified atom stereocenters. The fourth-order valence-electron chi connectivity index (χ4n) is 2.30. The van der Waals surface area contributed by atoms with E-state index in [1.807, 2.05) is 6.92 Å². The third-order valence-electron chi connectivity index (χ3n) is 3.61. The molecule has 1 aromatic carbocycles. The molecule has 120 valence electrons. The van der Waals surface area contributed by atoms with E-state index >= 15 is 0 Å². The number of piperidine rings is 1. The number of aryl methyl sites for hydroxylation is 1. The molecule has 2 rings (SSSR count). The summed E-state index contributed by atoms with van der Waals surface area (Å²) in [4.78, 5) is 14.7. The highest BCUT2D eigenvalue weighted by atomic mass is 32.2. The number of nitrogens with zero attached hydrogens (tertiary/aromatic N) is 2. The second kappa shape index (κ2) is 6.35. The molecule has 22 heavy (non-hydrogen) atoms. The quantitative estimate of drug-likeness (QED) is 0.828. The maximum Gasteiger partial charge on any atom is 0.407 e. The van der Waals surface area contributed by atoms with Crippen LogP contribution >= 0.6 is 0 Å². The summed E-state index contributed by atoms with van der Waals surface area (Å²) in [6.45, 7) is 3.97. The van der Waals surface area contributed by atoms with Crippen LogP contribution in [0.1, 0.15) is 25.3 Å². The zero-order valence-electron chi connectivity index (χ0n) is 12.5. The van der Waals surface area contributed by atoms with Crippen LogP contribution in [-0.2, 0) is 10.0 Å². The molecule has 0 saturated carbocycles. The van der Waals surface area contributed by atoms with Crippen LogP contribution in [0.4, 0.5) is 4.79 Å². The maximum atomic E-state index is 12.1. The lowest BCUT2D eigenvalue weighted by Crippen LogP contribution is -2.44. The Morgan fingerprint density at radius 3 is 2.55 bits per heavy atom. The van der Waals surface area contributed by atoms with Crippen LogP contribution in [0.5, 0.6) is 0 Å². The van der Waals surface area contributed by atoms with Gasteiger partial charge in [-0.15, -0.1) is 0 Å². The lowest BCUT2D eigenvalue weighted by Gasteiger charge is -2.31. The Labute approximate surface area is 129 Å². The lowest BCUT2D eigenvalue weighted by atomic mass is 10.0. The van der Waals surface area contributed by atoms with E-state index in [2.05, 4.69) is 9.93 Å². The lowest BCUT2D eigenvalue weighted by molar-refractivity contribution is 0.127. The van der Waals surface area contributed by atoms with E-state index in [1.165, 1.54) is 17.0 Å². The second-order valence-corrected chi connectivity index (χ2v) is 7.03. The SMILES string of the molecule is Cc1ccc(S(=O)(=O)NN=C2CCN(C(=O)O)C(C)C2)cc1. The largest absolute Gasteiger partial charge is 0.465 e. The summed E-state index contributed by atoms with van der Waals surface area (Å²) < 4.78 is 24.2. The molecule has 1 aromatic rings. The summed E-state index contributed by atoms with van der Waals surface area (Å²) in [5, 5.41) is 13.0. The van der Waals surface area contributed by atoms with Gasteiger partial charge >= 0.3 is 6.09 Å². The summed E-state index contributed by atoms with van der Waals surface area (Å²) >= 11 is 0. The third-order valence-corrected chi connectivity index (χ3v) is 4.83. The van der Waals surface area contributed by atoms with Crippen molar-refractivity contribution in [1.29, 1.82) is 0 Å². The van der Waals surface area contributed by atoms with Crippen molar-refractivity contribution in [2.24, 2.45) is 5.10 Å². The molecule has 2 N–H and O–H groups in total. The van der Waals surface area contributed by atoms with Gasteiger partial charge < -0.3 is 10.0 Å². The Balaban J connectivity index is 2.05. The molecule has 8 heteroatoms. The van der Waals surface area contributed by atoms with Gasteiger partial charge in [0.25, 0.3) is 10.0 Å². The number of hydrazone groups is 1. The molecule has 1 heterocycles. The highest BCUT2D eigenvalue weighted by Gasteiger charge is 2.26. The molecule has 1 saturated heterocycles. The molecule has 0 aromatic heterocycles. The average Bonchev–Trinajstić information content (AvgIpc) is 2.45. The first-order valence-corrected chi connectivity index (χ1v) is 8.41. The Bertz CT molecular complexity index is 683. The minimum atomic E-state index is -3.69. The summed E-state index contributed by atoms with van der Waals surface area (Å²) in [5.41, 5.74) is 1.63. The molecule has 1 fully saturated rings. The third kappa shape index (κ3) is 3.76. The molecule has 0 spiro atoms. The van der Waals surface area contributed by atoms with E-state index in [1.54, 1.807) is 19.1 Å². The van der Waals surface area contributed by atoms with E-state index in [4.69, 9.17) is 5.11 Å². The summed E-state index contributed by atoms with van der Waals surface area (Å²) in [7, 11) is -3.69. The Morgan fingerprint density at radius 1 is 1.36 bits per heavy atom. The molecular weight excluding hydrogens is 306 g/mol. The number of rotatable bonds is 3. The first-order valence-electron chi connectivity index (χ1n) is 6.93. The van der Waals surface area contributed by atoms with Gasteiger partial charge in [0.2, 0.25) is 0 Å². The smallest absolute Gasteiger partial charge is 0.407 e. The fourth-order valence-corrected chi connectivity index (χ4v) is 3.15. The van der Waals surface area contributed by atoms with Crippen LogP contribution in [0.2, 0.25) is 0 Å². The maximum absolute atomic E-state index is 12.1. The van der Waals surface area contributed by atoms with Crippen LogP contribution in [0, 0.1) is 6.92 Å². The first kappa shape index (κ1) is 16.3. The number of benzene rings is 1. The summed E-state index contributed by atoms with van der Waals surface area (Å²) in [6, 6.07) is 6.26. The molecule has 0 radical (unpaired) electrons. The number of likely N-dealkylation sites (tertiary alicyclic amines) is 1. The number of sulfonamides is 1. The highest BCUT2D eigenvalue weighted by molar-refractivity contribution is 7.89. The number of hydrogen-bond donors (Lipinski definition) is 2. The minimum Gasteiger partial charge on any atom is -0.465 e. The molecule has 1 aliphatic rings. The van der Waals surface area contributed by atoms with Gasteiger partial charge in [0, 0.05) is 31.1 Å². The normalized spacial score (nSPS) is 20.9. The average molecular weight is 325 g/mol. The Kier molecular flexibility index (Phi) is 4.70. The van der Waals surface area contributed by atoms with E-state index in [0.717, 1.165) is 5.56 Å². The molecule has 0 bridgehead atoms. The van der Waals surface area contributed by atoms with Gasteiger partial charge in [0.15, 0.2) is 0 Å². The van der Waals surface area contributed by atoms with E-state index in [0.29, 0.717) is 25.1 Å². The predicted octanol–water partition coefficient (Wildman–Crippen LogP) is 1.79.